The Balaban J connectivity index is 1.39. The number of rotatable bonds is 18. The van der Waals surface area contributed by atoms with Crippen molar-refractivity contribution in [2.24, 2.45) is 0 Å². The second kappa shape index (κ2) is 15.4. The highest BCUT2D eigenvalue weighted by Gasteiger charge is 2.32. The minimum atomic E-state index is -0.429. The van der Waals surface area contributed by atoms with Crippen LogP contribution >= 0.6 is 11.8 Å². The van der Waals surface area contributed by atoms with Gasteiger partial charge in [0.15, 0.2) is 22.4 Å². The van der Waals surface area contributed by atoms with Gasteiger partial charge < -0.3 is 43.7 Å². The Morgan fingerprint density at radius 2 is 1.26 bits per heavy atom. The molecule has 0 saturated carbocycles. The largest absolute Gasteiger partial charge is 0.507 e. The van der Waals surface area contributed by atoms with E-state index in [1.807, 2.05) is 13.0 Å². The molecule has 0 atom stereocenters. The number of aromatic hydroxyl groups is 2. The second-order valence-electron chi connectivity index (χ2n) is 12.2. The third-order valence-electron chi connectivity index (χ3n) is 9.22. The Hall–Kier alpha value is -4.07. The molecule has 0 amide bonds. The van der Waals surface area contributed by atoms with Gasteiger partial charge in [0.05, 0.1) is 78.4 Å². The van der Waals surface area contributed by atoms with Crippen LogP contribution in [0.15, 0.2) is 27.3 Å². The highest BCUT2D eigenvalue weighted by molar-refractivity contribution is 7.99. The smallest absolute Gasteiger partial charge is 0.194 e. The van der Waals surface area contributed by atoms with Gasteiger partial charge in [0.1, 0.15) is 17.2 Å². The van der Waals surface area contributed by atoms with Crippen LogP contribution in [0.2, 0.25) is 0 Å². The molecular formula is C38H42O11S. The average molecular weight is 707 g/mol. The van der Waals surface area contributed by atoms with Crippen LogP contribution < -0.4 is 25.1 Å². The number of phenolic OH excluding ortho intramolecular Hbond substituents is 2. The zero-order valence-corrected chi connectivity index (χ0v) is 29.5. The SMILES string of the molecule is COc1c(O)c2c(=O)cc(OC)c3c4c(OC)cc(=O)c5c(O)c(CCCSCCOCCOCCOCCO)c6c(c(c1C=C(C)C6)c23)c54. The van der Waals surface area contributed by atoms with Crippen LogP contribution in [0.1, 0.15) is 30.0 Å². The van der Waals surface area contributed by atoms with Gasteiger partial charge in [0.2, 0.25) is 0 Å². The quantitative estimate of drug-likeness (QED) is 0.0640. The number of hydrogen-bond acceptors (Lipinski definition) is 12. The number of fused-ring (bicyclic) bond motifs is 1. The normalized spacial score (nSPS) is 12.9. The Morgan fingerprint density at radius 3 is 1.86 bits per heavy atom. The molecule has 0 aromatic heterocycles. The predicted molar refractivity (Wildman–Crippen MR) is 197 cm³/mol. The van der Waals surface area contributed by atoms with Crippen molar-refractivity contribution in [2.75, 3.05) is 79.1 Å². The van der Waals surface area contributed by atoms with E-state index in [4.69, 9.17) is 33.5 Å². The summed E-state index contributed by atoms with van der Waals surface area (Å²) in [5.41, 5.74) is 2.29. The zero-order chi connectivity index (χ0) is 35.5. The second-order valence-corrected chi connectivity index (χ2v) is 13.4. The lowest BCUT2D eigenvalue weighted by Crippen LogP contribution is -2.11. The minimum Gasteiger partial charge on any atom is -0.507 e. The minimum absolute atomic E-state index is 0.00430. The first-order chi connectivity index (χ1) is 24.3. The van der Waals surface area contributed by atoms with E-state index >= 15 is 0 Å². The molecule has 0 spiro atoms. The number of methoxy groups -OCH3 is 3. The Kier molecular flexibility index (Phi) is 11.0. The molecule has 266 valence electrons. The van der Waals surface area contributed by atoms with Crippen molar-refractivity contribution in [3.8, 4) is 28.7 Å². The first kappa shape index (κ1) is 35.7. The molecule has 0 heterocycles. The van der Waals surface area contributed by atoms with Crippen molar-refractivity contribution in [1.82, 2.24) is 0 Å². The van der Waals surface area contributed by atoms with Crippen molar-refractivity contribution >= 4 is 60.9 Å². The lowest BCUT2D eigenvalue weighted by molar-refractivity contribution is 0.0100. The molecule has 11 nitrogen and oxygen atoms in total. The summed E-state index contributed by atoms with van der Waals surface area (Å²) in [5.74, 6) is 2.00. The van der Waals surface area contributed by atoms with Crippen molar-refractivity contribution in [1.29, 1.82) is 0 Å². The summed E-state index contributed by atoms with van der Waals surface area (Å²) < 4.78 is 33.6. The molecule has 0 fully saturated rings. The molecule has 1 aliphatic carbocycles. The van der Waals surface area contributed by atoms with E-state index in [0.29, 0.717) is 90.5 Å². The molecule has 5 aromatic rings. The number of thioether (sulfide) groups is 1. The van der Waals surface area contributed by atoms with Crippen LogP contribution in [0.3, 0.4) is 0 Å². The van der Waals surface area contributed by atoms with Crippen LogP contribution in [-0.2, 0) is 27.1 Å². The third-order valence-corrected chi connectivity index (χ3v) is 10.3. The van der Waals surface area contributed by atoms with E-state index < -0.39 is 5.43 Å². The lowest BCUT2D eigenvalue weighted by atomic mass is 9.82. The number of aliphatic hydroxyl groups is 1. The molecule has 3 N–H and O–H groups in total. The van der Waals surface area contributed by atoms with Gasteiger partial charge in [-0.15, -0.1) is 0 Å². The summed E-state index contributed by atoms with van der Waals surface area (Å²) in [6, 6.07) is 2.69. The number of hydrogen-bond donors (Lipinski definition) is 3. The van der Waals surface area contributed by atoms with Gasteiger partial charge in [-0.1, -0.05) is 11.6 Å². The van der Waals surface area contributed by atoms with Gasteiger partial charge >= 0.3 is 0 Å². The van der Waals surface area contributed by atoms with Crippen molar-refractivity contribution < 1.29 is 43.7 Å². The fourth-order valence-electron chi connectivity index (χ4n) is 7.24. The van der Waals surface area contributed by atoms with Gasteiger partial charge in [0, 0.05) is 50.4 Å². The molecule has 6 rings (SSSR count). The van der Waals surface area contributed by atoms with Gasteiger partial charge in [0.25, 0.3) is 0 Å². The van der Waals surface area contributed by atoms with Crippen LogP contribution in [0.4, 0.5) is 0 Å². The zero-order valence-electron chi connectivity index (χ0n) is 28.7. The average Bonchev–Trinajstić information content (AvgIpc) is 3.25. The molecule has 5 aromatic carbocycles. The molecule has 0 radical (unpaired) electrons. The summed E-state index contributed by atoms with van der Waals surface area (Å²) in [4.78, 5) is 27.5. The van der Waals surface area contributed by atoms with E-state index in [0.717, 1.165) is 34.4 Å². The third kappa shape index (κ3) is 6.24. The first-order valence-electron chi connectivity index (χ1n) is 16.6. The summed E-state index contributed by atoms with van der Waals surface area (Å²) in [7, 11) is 4.40. The lowest BCUT2D eigenvalue weighted by Gasteiger charge is -2.24. The van der Waals surface area contributed by atoms with Crippen LogP contribution in [0.5, 0.6) is 28.7 Å². The van der Waals surface area contributed by atoms with Crippen LogP contribution in [-0.4, -0.2) is 94.4 Å². The number of ether oxygens (including phenoxy) is 6. The molecule has 0 aliphatic heterocycles. The molecule has 0 saturated heterocycles. The number of aliphatic hydroxyl groups excluding tert-OH is 1. The van der Waals surface area contributed by atoms with Crippen LogP contribution in [0, 0.1) is 0 Å². The maximum absolute atomic E-state index is 13.8. The van der Waals surface area contributed by atoms with Crippen molar-refractivity contribution in [2.45, 2.75) is 26.2 Å². The van der Waals surface area contributed by atoms with E-state index in [-0.39, 0.29) is 51.6 Å². The Labute approximate surface area is 293 Å². The fourth-order valence-corrected chi connectivity index (χ4v) is 8.03. The fraction of sp³-hybridized carbons (Fsp3) is 0.421. The molecule has 1 aliphatic rings. The predicted octanol–water partition coefficient (Wildman–Crippen LogP) is 5.00. The standard InChI is InChI=1S/C38H42O11S/c1-20-16-22-21(6-5-14-50-15-13-49-12-11-48-10-9-47-8-7-39)36(42)30-24(40)18-26(44-2)32-33-27(45-3)19-25(41)31-35(33)29(28(22)34(30)32)23(17-20)38(46-4)37(31)43/h17-19,39,42-43H,5-16H2,1-4H3. The summed E-state index contributed by atoms with van der Waals surface area (Å²) in [5, 5.41) is 35.9. The summed E-state index contributed by atoms with van der Waals surface area (Å²) >= 11 is 1.75. The molecular weight excluding hydrogens is 664 g/mol. The number of phenols is 2. The van der Waals surface area contributed by atoms with Crippen LogP contribution in [0.25, 0.3) is 49.2 Å². The van der Waals surface area contributed by atoms with Crippen molar-refractivity contribution in [3.63, 3.8) is 0 Å². The molecule has 50 heavy (non-hydrogen) atoms. The maximum atomic E-state index is 13.8. The Morgan fingerprint density at radius 1 is 0.680 bits per heavy atom. The topological polar surface area (TPSA) is 150 Å². The first-order valence-corrected chi connectivity index (χ1v) is 17.8. The summed E-state index contributed by atoms with van der Waals surface area (Å²) in [6.07, 6.45) is 3.68. The molecule has 0 unspecified atom stereocenters. The van der Waals surface area contributed by atoms with E-state index in [1.54, 1.807) is 11.8 Å². The highest BCUT2D eigenvalue weighted by atomic mass is 32.2. The highest BCUT2D eigenvalue weighted by Crippen LogP contribution is 2.55. The Bertz CT molecular complexity index is 2180. The van der Waals surface area contributed by atoms with E-state index in [1.165, 1.54) is 33.5 Å². The van der Waals surface area contributed by atoms with Gasteiger partial charge in [-0.05, 0) is 48.5 Å². The monoisotopic (exact) mass is 706 g/mol. The van der Waals surface area contributed by atoms with Crippen molar-refractivity contribution in [3.05, 3.63) is 54.8 Å². The van der Waals surface area contributed by atoms with E-state index in [9.17, 15) is 19.8 Å². The van der Waals surface area contributed by atoms with Gasteiger partial charge in [-0.3, -0.25) is 9.59 Å². The molecule has 12 heteroatoms. The maximum Gasteiger partial charge on any atom is 0.194 e. The number of benzene rings is 5. The van der Waals surface area contributed by atoms with Gasteiger partial charge in [-0.25, -0.2) is 0 Å². The molecule has 0 bridgehead atoms. The number of allylic oxidation sites excluding steroid dienone is 1. The van der Waals surface area contributed by atoms with E-state index in [2.05, 4.69) is 0 Å². The summed E-state index contributed by atoms with van der Waals surface area (Å²) in [6.45, 7) is 4.69. The van der Waals surface area contributed by atoms with Gasteiger partial charge in [-0.2, -0.15) is 11.8 Å².